The minimum atomic E-state index is -0.210. The Balaban J connectivity index is 1.26. The van der Waals surface area contributed by atoms with Gasteiger partial charge in [0.15, 0.2) is 0 Å². The molecule has 1 aliphatic carbocycles. The highest BCUT2D eigenvalue weighted by molar-refractivity contribution is 5.81. The largest absolute Gasteiger partial charge is 0.497 e. The SMILES string of the molecule is COc1ccc(C2(CN3CCC(NC(=O)[C@@H]4CCCO4)CC3)CC2)cc1. The average Bonchev–Trinajstić information content (AvgIpc) is 3.24. The predicted octanol–water partition coefficient (Wildman–Crippen LogP) is 2.49. The van der Waals surface area contributed by atoms with Gasteiger partial charge in [-0.25, -0.2) is 0 Å². The Kier molecular flexibility index (Phi) is 5.18. The van der Waals surface area contributed by atoms with Crippen LogP contribution in [0.15, 0.2) is 24.3 Å². The van der Waals surface area contributed by atoms with Crippen molar-refractivity contribution in [1.82, 2.24) is 10.2 Å². The van der Waals surface area contributed by atoms with Crippen LogP contribution in [0.2, 0.25) is 0 Å². The maximum absolute atomic E-state index is 12.2. The number of hydrogen-bond acceptors (Lipinski definition) is 4. The average molecular weight is 358 g/mol. The zero-order valence-electron chi connectivity index (χ0n) is 15.7. The van der Waals surface area contributed by atoms with E-state index in [1.165, 1.54) is 18.4 Å². The molecular weight excluding hydrogens is 328 g/mol. The Hall–Kier alpha value is -1.59. The summed E-state index contributed by atoms with van der Waals surface area (Å²) in [5, 5.41) is 3.20. The third-order valence-corrected chi connectivity index (χ3v) is 6.24. The van der Waals surface area contributed by atoms with Crippen molar-refractivity contribution in [1.29, 1.82) is 0 Å². The van der Waals surface area contributed by atoms with E-state index in [-0.39, 0.29) is 12.0 Å². The number of methoxy groups -OCH3 is 1. The summed E-state index contributed by atoms with van der Waals surface area (Å²) in [6, 6.07) is 8.89. The fraction of sp³-hybridized carbons (Fsp3) is 0.667. The van der Waals surface area contributed by atoms with Gasteiger partial charge in [-0.1, -0.05) is 12.1 Å². The van der Waals surface area contributed by atoms with E-state index in [1.54, 1.807) is 7.11 Å². The first kappa shape index (κ1) is 17.8. The standard InChI is InChI=1S/C21H30N2O3/c1-25-18-6-4-16(5-7-18)21(10-11-21)15-23-12-8-17(9-13-23)22-20(24)19-3-2-14-26-19/h4-7,17,19H,2-3,8-15H2,1H3,(H,22,24)/t19-/m0/s1. The van der Waals surface area contributed by atoms with Crippen LogP contribution in [0, 0.1) is 0 Å². The van der Waals surface area contributed by atoms with E-state index < -0.39 is 0 Å². The minimum absolute atomic E-state index is 0.0952. The van der Waals surface area contributed by atoms with Gasteiger partial charge in [0.05, 0.1) is 7.11 Å². The van der Waals surface area contributed by atoms with Gasteiger partial charge in [-0.2, -0.15) is 0 Å². The van der Waals surface area contributed by atoms with Gasteiger partial charge in [0.2, 0.25) is 5.91 Å². The van der Waals surface area contributed by atoms with Crippen LogP contribution in [0.4, 0.5) is 0 Å². The van der Waals surface area contributed by atoms with Gasteiger partial charge < -0.3 is 19.7 Å². The number of carbonyl (C=O) groups excluding carboxylic acids is 1. The van der Waals surface area contributed by atoms with Crippen LogP contribution in [0.25, 0.3) is 0 Å². The van der Waals surface area contributed by atoms with Gasteiger partial charge in [0, 0.05) is 37.7 Å². The fourth-order valence-electron chi connectivity index (χ4n) is 4.38. The molecular formula is C21H30N2O3. The van der Waals surface area contributed by atoms with E-state index in [9.17, 15) is 4.79 Å². The lowest BCUT2D eigenvalue weighted by Crippen LogP contribution is -2.48. The van der Waals surface area contributed by atoms with Crippen molar-refractivity contribution in [2.75, 3.05) is 33.4 Å². The maximum Gasteiger partial charge on any atom is 0.249 e. The van der Waals surface area contributed by atoms with Crippen LogP contribution in [0.3, 0.4) is 0 Å². The second-order valence-electron chi connectivity index (χ2n) is 8.07. The van der Waals surface area contributed by atoms with Crippen LogP contribution < -0.4 is 10.1 Å². The molecule has 1 atom stereocenters. The molecule has 3 fully saturated rings. The number of rotatable bonds is 6. The van der Waals surface area contributed by atoms with Crippen LogP contribution in [0.1, 0.15) is 44.1 Å². The number of hydrogen-bond donors (Lipinski definition) is 1. The molecule has 0 spiro atoms. The summed E-state index contributed by atoms with van der Waals surface area (Å²) in [7, 11) is 1.71. The molecule has 1 aromatic carbocycles. The smallest absolute Gasteiger partial charge is 0.249 e. The van der Waals surface area contributed by atoms with Crippen LogP contribution >= 0.6 is 0 Å². The number of amides is 1. The molecule has 2 aliphatic heterocycles. The summed E-state index contributed by atoms with van der Waals surface area (Å²) in [4.78, 5) is 14.8. The summed E-state index contributed by atoms with van der Waals surface area (Å²) in [5.74, 6) is 1.02. The number of carbonyl (C=O) groups is 1. The van der Waals surface area contributed by atoms with Crippen molar-refractivity contribution in [2.24, 2.45) is 0 Å². The van der Waals surface area contributed by atoms with Crippen molar-refractivity contribution >= 4 is 5.91 Å². The molecule has 0 aromatic heterocycles. The molecule has 0 unspecified atom stereocenters. The zero-order valence-corrected chi connectivity index (χ0v) is 15.7. The summed E-state index contributed by atoms with van der Waals surface area (Å²) in [6.45, 7) is 3.98. The van der Waals surface area contributed by atoms with E-state index in [0.717, 1.165) is 57.7 Å². The fourth-order valence-corrected chi connectivity index (χ4v) is 4.38. The van der Waals surface area contributed by atoms with E-state index in [2.05, 4.69) is 34.5 Å². The molecule has 4 rings (SSSR count). The molecule has 2 saturated heterocycles. The van der Waals surface area contributed by atoms with E-state index in [4.69, 9.17) is 9.47 Å². The Morgan fingerprint density at radius 3 is 2.54 bits per heavy atom. The molecule has 1 amide bonds. The maximum atomic E-state index is 12.2. The van der Waals surface area contributed by atoms with Crippen molar-refractivity contribution in [3.8, 4) is 5.75 Å². The third-order valence-electron chi connectivity index (χ3n) is 6.24. The topological polar surface area (TPSA) is 50.8 Å². The summed E-state index contributed by atoms with van der Waals surface area (Å²) in [6.07, 6.45) is 6.29. The second kappa shape index (κ2) is 7.57. The summed E-state index contributed by atoms with van der Waals surface area (Å²) < 4.78 is 10.8. The lowest BCUT2D eigenvalue weighted by Gasteiger charge is -2.35. The molecule has 142 valence electrons. The first-order chi connectivity index (χ1) is 12.7. The zero-order chi connectivity index (χ0) is 18.0. The first-order valence-electron chi connectivity index (χ1n) is 9.97. The Morgan fingerprint density at radius 2 is 1.96 bits per heavy atom. The lowest BCUT2D eigenvalue weighted by atomic mass is 9.93. The second-order valence-corrected chi connectivity index (χ2v) is 8.07. The van der Waals surface area contributed by atoms with Gasteiger partial charge in [0.25, 0.3) is 0 Å². The highest BCUT2D eigenvalue weighted by Gasteiger charge is 2.45. The minimum Gasteiger partial charge on any atom is -0.497 e. The lowest BCUT2D eigenvalue weighted by molar-refractivity contribution is -0.131. The highest BCUT2D eigenvalue weighted by atomic mass is 16.5. The van der Waals surface area contributed by atoms with Crippen LogP contribution in [-0.4, -0.2) is 56.3 Å². The molecule has 0 radical (unpaired) electrons. The number of benzene rings is 1. The molecule has 1 N–H and O–H groups in total. The molecule has 0 bridgehead atoms. The number of nitrogens with zero attached hydrogens (tertiary/aromatic N) is 1. The normalized spacial score (nSPS) is 25.8. The Morgan fingerprint density at radius 1 is 1.23 bits per heavy atom. The monoisotopic (exact) mass is 358 g/mol. The molecule has 3 aliphatic rings. The third kappa shape index (κ3) is 3.89. The number of nitrogens with one attached hydrogen (secondary N) is 1. The number of likely N-dealkylation sites (tertiary alicyclic amines) is 1. The Labute approximate surface area is 156 Å². The van der Waals surface area contributed by atoms with Crippen molar-refractivity contribution in [2.45, 2.75) is 56.1 Å². The van der Waals surface area contributed by atoms with Gasteiger partial charge in [0.1, 0.15) is 11.9 Å². The van der Waals surface area contributed by atoms with Crippen molar-refractivity contribution in [3.05, 3.63) is 29.8 Å². The summed E-state index contributed by atoms with van der Waals surface area (Å²) >= 11 is 0. The van der Waals surface area contributed by atoms with Crippen molar-refractivity contribution < 1.29 is 14.3 Å². The molecule has 5 heteroatoms. The van der Waals surface area contributed by atoms with Gasteiger partial charge in [-0.15, -0.1) is 0 Å². The molecule has 5 nitrogen and oxygen atoms in total. The molecule has 26 heavy (non-hydrogen) atoms. The van der Waals surface area contributed by atoms with E-state index >= 15 is 0 Å². The predicted molar refractivity (Wildman–Crippen MR) is 100 cm³/mol. The Bertz CT molecular complexity index is 613. The van der Waals surface area contributed by atoms with Gasteiger partial charge in [-0.05, 0) is 56.2 Å². The van der Waals surface area contributed by atoms with E-state index in [1.807, 2.05) is 0 Å². The number of piperidine rings is 1. The first-order valence-corrected chi connectivity index (χ1v) is 9.97. The molecule has 1 saturated carbocycles. The quantitative estimate of drug-likeness (QED) is 0.849. The van der Waals surface area contributed by atoms with Gasteiger partial charge >= 0.3 is 0 Å². The van der Waals surface area contributed by atoms with Gasteiger partial charge in [-0.3, -0.25) is 4.79 Å². The van der Waals surface area contributed by atoms with E-state index in [0.29, 0.717) is 11.5 Å². The van der Waals surface area contributed by atoms with Crippen LogP contribution in [0.5, 0.6) is 5.75 Å². The molecule has 2 heterocycles. The summed E-state index contributed by atoms with van der Waals surface area (Å²) in [5.41, 5.74) is 1.77. The molecule has 1 aromatic rings. The highest BCUT2D eigenvalue weighted by Crippen LogP contribution is 2.49. The number of ether oxygens (including phenoxy) is 2. The van der Waals surface area contributed by atoms with Crippen LogP contribution in [-0.2, 0) is 14.9 Å². The van der Waals surface area contributed by atoms with Crippen molar-refractivity contribution in [3.63, 3.8) is 0 Å².